The smallest absolute Gasteiger partial charge is 0.253 e. The number of carbonyl (C=O) groups excluding carboxylic acids is 1. The van der Waals surface area contributed by atoms with Gasteiger partial charge >= 0.3 is 0 Å². The lowest BCUT2D eigenvalue weighted by Crippen LogP contribution is -2.33. The molecule has 0 heterocycles. The number of hydrogen-bond acceptors (Lipinski definition) is 2. The van der Waals surface area contributed by atoms with Gasteiger partial charge in [0.25, 0.3) is 5.91 Å². The van der Waals surface area contributed by atoms with Gasteiger partial charge in [-0.2, -0.15) is 0 Å². The highest BCUT2D eigenvalue weighted by molar-refractivity contribution is 5.99. The van der Waals surface area contributed by atoms with E-state index in [1.165, 1.54) is 12.8 Å². The van der Waals surface area contributed by atoms with Gasteiger partial charge in [0.05, 0.1) is 5.56 Å². The maximum atomic E-state index is 11.9. The molecule has 1 atom stereocenters. The molecule has 1 unspecified atom stereocenters. The number of nitrogens with two attached hydrogens (primary N) is 1. The second-order valence-electron chi connectivity index (χ2n) is 4.64. The highest BCUT2D eigenvalue weighted by Gasteiger charge is 2.24. The maximum absolute atomic E-state index is 11.9. The average Bonchev–Trinajstić information content (AvgIpc) is 3.01. The number of hydrogen-bond donors (Lipinski definition) is 2. The van der Waals surface area contributed by atoms with Crippen LogP contribution in [-0.4, -0.2) is 11.9 Å². The van der Waals surface area contributed by atoms with Crippen LogP contribution < -0.4 is 11.1 Å². The summed E-state index contributed by atoms with van der Waals surface area (Å²) in [7, 11) is 0. The number of anilines is 1. The molecule has 3 nitrogen and oxygen atoms in total. The van der Waals surface area contributed by atoms with Crippen LogP contribution in [0.3, 0.4) is 0 Å². The first-order chi connectivity index (χ1) is 7.66. The summed E-state index contributed by atoms with van der Waals surface area (Å²) in [5.41, 5.74) is 6.86. The van der Waals surface area contributed by atoms with Crippen LogP contribution in [0.2, 0.25) is 0 Å². The molecule has 0 aromatic heterocycles. The van der Waals surface area contributed by atoms with Gasteiger partial charge < -0.3 is 11.1 Å². The number of carbonyl (C=O) groups is 1. The third-order valence-electron chi connectivity index (χ3n) is 2.97. The van der Waals surface area contributed by atoms with Crippen LogP contribution in [-0.2, 0) is 0 Å². The van der Waals surface area contributed by atoms with Crippen molar-refractivity contribution in [3.63, 3.8) is 0 Å². The van der Waals surface area contributed by atoms with E-state index in [0.29, 0.717) is 11.3 Å². The molecule has 1 amide bonds. The normalized spacial score (nSPS) is 16.8. The summed E-state index contributed by atoms with van der Waals surface area (Å²) >= 11 is 0. The molecule has 0 spiro atoms. The minimum Gasteiger partial charge on any atom is -0.398 e. The van der Waals surface area contributed by atoms with Gasteiger partial charge in [-0.05, 0) is 31.4 Å². The Morgan fingerprint density at radius 2 is 2.19 bits per heavy atom. The molecule has 3 N–H and O–H groups in total. The Bertz CT molecular complexity index is 385. The minimum absolute atomic E-state index is 0.0637. The van der Waals surface area contributed by atoms with Crippen LogP contribution in [0.4, 0.5) is 5.69 Å². The number of nitrogens with one attached hydrogen (secondary N) is 1. The number of rotatable bonds is 4. The van der Waals surface area contributed by atoms with E-state index in [0.717, 1.165) is 12.3 Å². The monoisotopic (exact) mass is 218 g/mol. The fourth-order valence-electron chi connectivity index (χ4n) is 1.92. The van der Waals surface area contributed by atoms with Crippen molar-refractivity contribution < 1.29 is 4.79 Å². The van der Waals surface area contributed by atoms with Crippen LogP contribution in [0.1, 0.15) is 36.5 Å². The number of amides is 1. The van der Waals surface area contributed by atoms with Crippen LogP contribution in [0.15, 0.2) is 24.3 Å². The summed E-state index contributed by atoms with van der Waals surface area (Å²) in [6.45, 7) is 2.05. The van der Waals surface area contributed by atoms with Crippen molar-refractivity contribution in [3.05, 3.63) is 29.8 Å². The molecule has 0 saturated heterocycles. The summed E-state index contributed by atoms with van der Waals surface area (Å²) in [6, 6.07) is 7.41. The molecule has 1 aromatic carbocycles. The molecule has 86 valence electrons. The third-order valence-corrected chi connectivity index (χ3v) is 2.97. The lowest BCUT2D eigenvalue weighted by atomic mass is 10.1. The van der Waals surface area contributed by atoms with Crippen molar-refractivity contribution >= 4 is 11.6 Å². The maximum Gasteiger partial charge on any atom is 0.253 e. The standard InChI is InChI=1S/C13H18N2O/c1-9(8-10-6-7-10)15-13(16)11-4-2-3-5-12(11)14/h2-5,9-10H,6-8,14H2,1H3,(H,15,16). The van der Waals surface area contributed by atoms with Crippen molar-refractivity contribution in [1.29, 1.82) is 0 Å². The zero-order chi connectivity index (χ0) is 11.5. The zero-order valence-electron chi connectivity index (χ0n) is 9.57. The van der Waals surface area contributed by atoms with E-state index in [9.17, 15) is 4.79 Å². The summed E-state index contributed by atoms with van der Waals surface area (Å²) in [5, 5.41) is 2.99. The van der Waals surface area contributed by atoms with Crippen molar-refractivity contribution in [1.82, 2.24) is 5.32 Å². The predicted octanol–water partition coefficient (Wildman–Crippen LogP) is 2.19. The highest BCUT2D eigenvalue weighted by atomic mass is 16.1. The molecule has 2 rings (SSSR count). The first-order valence-electron chi connectivity index (χ1n) is 5.82. The first kappa shape index (κ1) is 11.0. The summed E-state index contributed by atoms with van der Waals surface area (Å²) < 4.78 is 0. The van der Waals surface area contributed by atoms with Crippen LogP contribution in [0, 0.1) is 5.92 Å². The van der Waals surface area contributed by atoms with Gasteiger partial charge in [-0.3, -0.25) is 4.79 Å². The van der Waals surface area contributed by atoms with E-state index < -0.39 is 0 Å². The lowest BCUT2D eigenvalue weighted by molar-refractivity contribution is 0.0938. The Hall–Kier alpha value is -1.51. The quantitative estimate of drug-likeness (QED) is 0.761. The molecule has 0 aliphatic heterocycles. The molecule has 3 heteroatoms. The van der Waals surface area contributed by atoms with Gasteiger partial charge in [-0.1, -0.05) is 25.0 Å². The second kappa shape index (κ2) is 4.56. The van der Waals surface area contributed by atoms with Crippen LogP contribution in [0.5, 0.6) is 0 Å². The molecule has 0 bridgehead atoms. The minimum atomic E-state index is -0.0637. The average molecular weight is 218 g/mol. The summed E-state index contributed by atoms with van der Waals surface area (Å²) in [5.74, 6) is 0.759. The van der Waals surface area contributed by atoms with E-state index in [1.54, 1.807) is 12.1 Å². The first-order valence-corrected chi connectivity index (χ1v) is 5.82. The highest BCUT2D eigenvalue weighted by Crippen LogP contribution is 2.33. The molecule has 1 aliphatic rings. The predicted molar refractivity (Wildman–Crippen MR) is 65.1 cm³/mol. The van der Waals surface area contributed by atoms with Crippen molar-refractivity contribution in [2.75, 3.05) is 5.73 Å². The van der Waals surface area contributed by atoms with E-state index in [1.807, 2.05) is 12.1 Å². The molecule has 0 radical (unpaired) electrons. The topological polar surface area (TPSA) is 55.1 Å². The SMILES string of the molecule is CC(CC1CC1)NC(=O)c1ccccc1N. The van der Waals surface area contributed by atoms with Gasteiger partial charge in [0.15, 0.2) is 0 Å². The zero-order valence-corrected chi connectivity index (χ0v) is 9.57. The Morgan fingerprint density at radius 1 is 1.50 bits per heavy atom. The lowest BCUT2D eigenvalue weighted by Gasteiger charge is -2.14. The Balaban J connectivity index is 1.94. The van der Waals surface area contributed by atoms with Crippen molar-refractivity contribution in [2.45, 2.75) is 32.2 Å². The Morgan fingerprint density at radius 3 is 2.81 bits per heavy atom. The molecular formula is C13H18N2O. The van der Waals surface area contributed by atoms with Crippen LogP contribution >= 0.6 is 0 Å². The van der Waals surface area contributed by atoms with Crippen molar-refractivity contribution in [2.24, 2.45) is 5.92 Å². The third kappa shape index (κ3) is 2.75. The number of benzene rings is 1. The fourth-order valence-corrected chi connectivity index (χ4v) is 1.92. The van der Waals surface area contributed by atoms with E-state index in [4.69, 9.17) is 5.73 Å². The largest absolute Gasteiger partial charge is 0.398 e. The van der Waals surface area contributed by atoms with Gasteiger partial charge in [0, 0.05) is 11.7 Å². The number of nitrogen functional groups attached to an aromatic ring is 1. The molecule has 1 fully saturated rings. The van der Waals surface area contributed by atoms with Gasteiger partial charge in [0.1, 0.15) is 0 Å². The molecular weight excluding hydrogens is 200 g/mol. The Kier molecular flexibility index (Phi) is 3.13. The van der Waals surface area contributed by atoms with E-state index in [2.05, 4.69) is 12.2 Å². The summed E-state index contributed by atoms with van der Waals surface area (Å²) in [6.07, 6.45) is 3.71. The molecule has 1 aromatic rings. The second-order valence-corrected chi connectivity index (χ2v) is 4.64. The van der Waals surface area contributed by atoms with Crippen molar-refractivity contribution in [3.8, 4) is 0 Å². The molecule has 16 heavy (non-hydrogen) atoms. The van der Waals surface area contributed by atoms with Gasteiger partial charge in [0.2, 0.25) is 0 Å². The van der Waals surface area contributed by atoms with Gasteiger partial charge in [-0.15, -0.1) is 0 Å². The Labute approximate surface area is 96.0 Å². The fraction of sp³-hybridized carbons (Fsp3) is 0.462. The van der Waals surface area contributed by atoms with Crippen LogP contribution in [0.25, 0.3) is 0 Å². The van der Waals surface area contributed by atoms with Gasteiger partial charge in [-0.25, -0.2) is 0 Å². The number of para-hydroxylation sites is 1. The van der Waals surface area contributed by atoms with E-state index in [-0.39, 0.29) is 11.9 Å². The molecule has 1 saturated carbocycles. The molecule has 1 aliphatic carbocycles. The summed E-state index contributed by atoms with van der Waals surface area (Å²) in [4.78, 5) is 11.9. The van der Waals surface area contributed by atoms with E-state index >= 15 is 0 Å².